The molecule has 0 saturated heterocycles. The van der Waals surface area contributed by atoms with Crippen molar-refractivity contribution in [1.82, 2.24) is 0 Å². The lowest BCUT2D eigenvalue weighted by Crippen LogP contribution is -2.03. The first-order valence-electron chi connectivity index (χ1n) is 9.26. The molecular formula is C23H21Cl2NO5. The summed E-state index contributed by atoms with van der Waals surface area (Å²) < 4.78 is 22.3. The van der Waals surface area contributed by atoms with Gasteiger partial charge in [-0.2, -0.15) is 0 Å². The van der Waals surface area contributed by atoms with Crippen LogP contribution in [0.4, 0.5) is 0 Å². The molecule has 0 aliphatic carbocycles. The second kappa shape index (κ2) is 10.8. The van der Waals surface area contributed by atoms with Crippen LogP contribution in [0.5, 0.6) is 23.0 Å². The minimum Gasteiger partial charge on any atom is -0.497 e. The van der Waals surface area contributed by atoms with Gasteiger partial charge in [0.2, 0.25) is 0 Å². The van der Waals surface area contributed by atoms with Gasteiger partial charge in [-0.05, 0) is 41.5 Å². The maximum atomic E-state index is 8.92. The van der Waals surface area contributed by atoms with Crippen molar-refractivity contribution in [3.63, 3.8) is 0 Å². The van der Waals surface area contributed by atoms with E-state index in [-0.39, 0.29) is 29.0 Å². The zero-order valence-electron chi connectivity index (χ0n) is 17.0. The molecule has 8 heteroatoms. The van der Waals surface area contributed by atoms with Crippen molar-refractivity contribution in [2.24, 2.45) is 5.16 Å². The zero-order valence-corrected chi connectivity index (χ0v) is 18.5. The summed E-state index contributed by atoms with van der Waals surface area (Å²) in [4.78, 5) is 0. The fraction of sp³-hybridized carbons (Fsp3) is 0.174. The van der Waals surface area contributed by atoms with E-state index in [0.717, 1.165) is 22.6 Å². The van der Waals surface area contributed by atoms with Crippen molar-refractivity contribution in [1.29, 1.82) is 0 Å². The molecule has 3 rings (SSSR count). The van der Waals surface area contributed by atoms with Crippen molar-refractivity contribution in [2.45, 2.75) is 13.2 Å². The summed E-state index contributed by atoms with van der Waals surface area (Å²) in [5.41, 5.74) is 2.21. The average molecular weight is 462 g/mol. The molecule has 162 valence electrons. The molecule has 0 amide bonds. The molecule has 0 atom stereocenters. The monoisotopic (exact) mass is 461 g/mol. The summed E-state index contributed by atoms with van der Waals surface area (Å²) in [5.74, 6) is 2.05. The van der Waals surface area contributed by atoms with Gasteiger partial charge in [0.1, 0.15) is 24.7 Å². The highest BCUT2D eigenvalue weighted by Crippen LogP contribution is 2.43. The van der Waals surface area contributed by atoms with E-state index in [9.17, 15) is 0 Å². The highest BCUT2D eigenvalue weighted by Gasteiger charge is 2.19. The molecule has 0 spiro atoms. The molecule has 0 aliphatic heterocycles. The summed E-state index contributed by atoms with van der Waals surface area (Å²) in [6.45, 7) is 0.463. The van der Waals surface area contributed by atoms with E-state index in [1.165, 1.54) is 6.21 Å². The van der Waals surface area contributed by atoms with Crippen molar-refractivity contribution in [2.75, 3.05) is 14.2 Å². The number of methoxy groups -OCH3 is 2. The maximum Gasteiger partial charge on any atom is 0.182 e. The quantitative estimate of drug-likeness (QED) is 0.241. The molecule has 1 N–H and O–H groups in total. The van der Waals surface area contributed by atoms with E-state index in [1.807, 2.05) is 48.5 Å². The Morgan fingerprint density at radius 3 is 1.74 bits per heavy atom. The molecule has 0 fully saturated rings. The molecule has 31 heavy (non-hydrogen) atoms. The predicted molar refractivity (Wildman–Crippen MR) is 120 cm³/mol. The number of hydrogen-bond donors (Lipinski definition) is 1. The largest absolute Gasteiger partial charge is 0.497 e. The third-order valence-corrected chi connectivity index (χ3v) is 5.11. The van der Waals surface area contributed by atoms with E-state index in [0.29, 0.717) is 11.3 Å². The lowest BCUT2D eigenvalue weighted by Gasteiger charge is -2.17. The molecule has 0 unspecified atom stereocenters. The smallest absolute Gasteiger partial charge is 0.182 e. The molecule has 0 aliphatic rings. The average Bonchev–Trinajstić information content (AvgIpc) is 2.80. The van der Waals surface area contributed by atoms with Crippen LogP contribution in [0.1, 0.15) is 16.7 Å². The summed E-state index contributed by atoms with van der Waals surface area (Å²) in [6.07, 6.45) is 1.18. The van der Waals surface area contributed by atoms with Crippen molar-refractivity contribution in [3.05, 3.63) is 81.3 Å². The van der Waals surface area contributed by atoms with Gasteiger partial charge in [0.25, 0.3) is 0 Å². The first-order chi connectivity index (χ1) is 15.0. The molecule has 0 aromatic heterocycles. The van der Waals surface area contributed by atoms with Crippen LogP contribution in [0.25, 0.3) is 0 Å². The highest BCUT2D eigenvalue weighted by molar-refractivity contribution is 6.37. The Kier molecular flexibility index (Phi) is 7.87. The van der Waals surface area contributed by atoms with Crippen LogP contribution in [-0.2, 0) is 13.2 Å². The summed E-state index contributed by atoms with van der Waals surface area (Å²) in [6, 6.07) is 16.4. The summed E-state index contributed by atoms with van der Waals surface area (Å²) in [5, 5.41) is 12.5. The Bertz CT molecular complexity index is 1040. The van der Waals surface area contributed by atoms with Gasteiger partial charge in [-0.15, -0.1) is 0 Å². The topological polar surface area (TPSA) is 69.5 Å². The van der Waals surface area contributed by atoms with Gasteiger partial charge in [-0.1, -0.05) is 52.6 Å². The second-order valence-corrected chi connectivity index (χ2v) is 7.22. The molecule has 6 nitrogen and oxygen atoms in total. The van der Waals surface area contributed by atoms with Gasteiger partial charge in [0.15, 0.2) is 11.5 Å². The first kappa shape index (κ1) is 22.6. The van der Waals surface area contributed by atoms with Crippen molar-refractivity contribution in [3.8, 4) is 23.0 Å². The standard InChI is InChI=1S/C23H21Cl2NO5/c1-28-18-7-3-15(4-8-18)13-30-22-20(24)11-17(12-26-27)21(25)23(22)31-14-16-5-9-19(29-2)10-6-16/h3-12,27H,13-14H2,1-2H3/b26-12+. The molecular weight excluding hydrogens is 441 g/mol. The van der Waals surface area contributed by atoms with Crippen LogP contribution in [0, 0.1) is 0 Å². The lowest BCUT2D eigenvalue weighted by molar-refractivity contribution is 0.256. The number of oxime groups is 1. The van der Waals surface area contributed by atoms with Gasteiger partial charge in [-0.3, -0.25) is 0 Å². The van der Waals surface area contributed by atoms with Crippen LogP contribution in [-0.4, -0.2) is 25.6 Å². The minimum atomic E-state index is 0.221. The normalized spacial score (nSPS) is 10.8. The van der Waals surface area contributed by atoms with E-state index >= 15 is 0 Å². The fourth-order valence-electron chi connectivity index (χ4n) is 2.78. The minimum absolute atomic E-state index is 0.221. The number of hydrogen-bond acceptors (Lipinski definition) is 6. The van der Waals surface area contributed by atoms with Gasteiger partial charge in [0.05, 0.1) is 30.5 Å². The Labute approximate surface area is 190 Å². The van der Waals surface area contributed by atoms with Gasteiger partial charge in [-0.25, -0.2) is 0 Å². The summed E-state index contributed by atoms with van der Waals surface area (Å²) >= 11 is 12.9. The van der Waals surface area contributed by atoms with E-state index in [2.05, 4.69) is 5.16 Å². The predicted octanol–water partition coefficient (Wildman–Crippen LogP) is 5.98. The number of nitrogens with zero attached hydrogens (tertiary/aromatic N) is 1. The number of ether oxygens (including phenoxy) is 4. The SMILES string of the molecule is COc1ccc(COc2c(Cl)cc(/C=N/O)c(Cl)c2OCc2ccc(OC)cc2)cc1. The van der Waals surface area contributed by atoms with Crippen LogP contribution in [0.3, 0.4) is 0 Å². The van der Waals surface area contributed by atoms with Crippen LogP contribution < -0.4 is 18.9 Å². The zero-order chi connectivity index (χ0) is 22.2. The van der Waals surface area contributed by atoms with Gasteiger partial charge < -0.3 is 24.2 Å². The van der Waals surface area contributed by atoms with Crippen LogP contribution >= 0.6 is 23.2 Å². The Morgan fingerprint density at radius 1 is 0.806 bits per heavy atom. The van der Waals surface area contributed by atoms with E-state index in [4.69, 9.17) is 47.4 Å². The molecule has 3 aromatic rings. The molecule has 0 radical (unpaired) electrons. The Morgan fingerprint density at radius 2 is 1.29 bits per heavy atom. The molecule has 0 bridgehead atoms. The van der Waals surface area contributed by atoms with Crippen LogP contribution in [0.2, 0.25) is 10.0 Å². The maximum absolute atomic E-state index is 8.92. The van der Waals surface area contributed by atoms with Crippen LogP contribution in [0.15, 0.2) is 59.8 Å². The van der Waals surface area contributed by atoms with Crippen molar-refractivity contribution >= 4 is 29.4 Å². The first-order valence-corrected chi connectivity index (χ1v) is 10.0. The third kappa shape index (κ3) is 5.75. The van der Waals surface area contributed by atoms with Gasteiger partial charge >= 0.3 is 0 Å². The number of halogens is 2. The van der Waals surface area contributed by atoms with Crippen molar-refractivity contribution < 1.29 is 24.2 Å². The van der Waals surface area contributed by atoms with E-state index in [1.54, 1.807) is 20.3 Å². The van der Waals surface area contributed by atoms with Gasteiger partial charge in [0, 0.05) is 5.56 Å². The molecule has 3 aromatic carbocycles. The Hall–Kier alpha value is -3.09. The second-order valence-electron chi connectivity index (χ2n) is 6.44. The fourth-order valence-corrected chi connectivity index (χ4v) is 3.28. The third-order valence-electron chi connectivity index (χ3n) is 4.44. The number of benzene rings is 3. The summed E-state index contributed by atoms with van der Waals surface area (Å²) in [7, 11) is 3.21. The number of rotatable bonds is 9. The Balaban J connectivity index is 1.85. The lowest BCUT2D eigenvalue weighted by atomic mass is 10.2. The highest BCUT2D eigenvalue weighted by atomic mass is 35.5. The molecule has 0 saturated carbocycles. The van der Waals surface area contributed by atoms with E-state index < -0.39 is 0 Å². The molecule has 0 heterocycles.